The van der Waals surface area contributed by atoms with Crippen LogP contribution in [-0.2, 0) is 4.79 Å². The molecule has 132 valence electrons. The fourth-order valence-corrected chi connectivity index (χ4v) is 2.96. The maximum absolute atomic E-state index is 13.2. The van der Waals surface area contributed by atoms with Crippen molar-refractivity contribution < 1.29 is 13.6 Å². The molecule has 2 N–H and O–H groups in total. The van der Waals surface area contributed by atoms with Gasteiger partial charge in [0.05, 0.1) is 0 Å². The second kappa shape index (κ2) is 8.07. The van der Waals surface area contributed by atoms with Gasteiger partial charge in [-0.15, -0.1) is 0 Å². The molecule has 6 heteroatoms. The van der Waals surface area contributed by atoms with Crippen molar-refractivity contribution in [3.05, 3.63) is 60.2 Å². The Kier molecular flexibility index (Phi) is 5.60. The van der Waals surface area contributed by atoms with Crippen LogP contribution in [-0.4, -0.2) is 31.6 Å². The molecule has 1 aliphatic rings. The van der Waals surface area contributed by atoms with Gasteiger partial charge < -0.3 is 15.5 Å². The van der Waals surface area contributed by atoms with Crippen LogP contribution in [0.15, 0.2) is 48.5 Å². The second-order valence-corrected chi connectivity index (χ2v) is 6.13. The predicted octanol–water partition coefficient (Wildman–Crippen LogP) is 2.97. The van der Waals surface area contributed by atoms with Crippen molar-refractivity contribution in [2.75, 3.05) is 24.5 Å². The largest absolute Gasteiger partial charge is 0.352 e. The molecule has 3 rings (SSSR count). The smallest absolute Gasteiger partial charge is 0.240 e. The number of carbonyl (C=O) groups excluding carboxylic acids is 1. The average molecular weight is 345 g/mol. The van der Waals surface area contributed by atoms with E-state index >= 15 is 0 Å². The molecule has 0 atom stereocenters. The Morgan fingerprint density at radius 1 is 0.960 bits per heavy atom. The minimum atomic E-state index is -0.345. The van der Waals surface area contributed by atoms with Gasteiger partial charge in [0.15, 0.2) is 0 Å². The van der Waals surface area contributed by atoms with E-state index < -0.39 is 0 Å². The van der Waals surface area contributed by atoms with Gasteiger partial charge in [-0.05, 0) is 74.5 Å². The highest BCUT2D eigenvalue weighted by Gasteiger charge is 2.19. The molecule has 1 heterocycles. The molecule has 0 spiro atoms. The number of piperidine rings is 1. The SMILES string of the molecule is O=C(CN(c1ccc(F)cc1)c1ccc(F)cc1)NC1CCNCC1. The molecule has 1 amide bonds. The van der Waals surface area contributed by atoms with Gasteiger partial charge in [-0.1, -0.05) is 0 Å². The van der Waals surface area contributed by atoms with Crippen LogP contribution in [0.3, 0.4) is 0 Å². The van der Waals surface area contributed by atoms with E-state index in [0.717, 1.165) is 25.9 Å². The minimum Gasteiger partial charge on any atom is -0.352 e. The van der Waals surface area contributed by atoms with Gasteiger partial charge in [0.25, 0.3) is 0 Å². The molecular weight excluding hydrogens is 324 g/mol. The van der Waals surface area contributed by atoms with Crippen LogP contribution in [0.1, 0.15) is 12.8 Å². The highest BCUT2D eigenvalue weighted by atomic mass is 19.1. The summed E-state index contributed by atoms with van der Waals surface area (Å²) in [7, 11) is 0. The quantitative estimate of drug-likeness (QED) is 0.876. The Morgan fingerprint density at radius 2 is 1.44 bits per heavy atom. The third-order valence-corrected chi connectivity index (χ3v) is 4.28. The number of amides is 1. The molecule has 0 radical (unpaired) electrons. The maximum Gasteiger partial charge on any atom is 0.240 e. The van der Waals surface area contributed by atoms with Crippen molar-refractivity contribution in [3.63, 3.8) is 0 Å². The fraction of sp³-hybridized carbons (Fsp3) is 0.316. The van der Waals surface area contributed by atoms with E-state index in [9.17, 15) is 13.6 Å². The first kappa shape index (κ1) is 17.4. The van der Waals surface area contributed by atoms with Crippen molar-refractivity contribution in [3.8, 4) is 0 Å². The fourth-order valence-electron chi connectivity index (χ4n) is 2.96. The van der Waals surface area contributed by atoms with Gasteiger partial charge in [-0.2, -0.15) is 0 Å². The molecule has 0 saturated carbocycles. The van der Waals surface area contributed by atoms with E-state index in [-0.39, 0.29) is 30.1 Å². The summed E-state index contributed by atoms with van der Waals surface area (Å²) in [5.41, 5.74) is 1.35. The molecule has 0 aromatic heterocycles. The lowest BCUT2D eigenvalue weighted by Crippen LogP contribution is -2.45. The Bertz CT molecular complexity index is 652. The zero-order valence-corrected chi connectivity index (χ0v) is 13.8. The minimum absolute atomic E-state index is 0.0845. The average Bonchev–Trinajstić information content (AvgIpc) is 2.62. The lowest BCUT2D eigenvalue weighted by atomic mass is 10.1. The summed E-state index contributed by atoms with van der Waals surface area (Å²) in [6.07, 6.45) is 1.80. The number of rotatable bonds is 5. The Labute approximate surface area is 145 Å². The molecule has 0 bridgehead atoms. The highest BCUT2D eigenvalue weighted by Crippen LogP contribution is 2.25. The molecule has 4 nitrogen and oxygen atoms in total. The first-order valence-electron chi connectivity index (χ1n) is 8.40. The van der Waals surface area contributed by atoms with Crippen molar-refractivity contribution in [1.82, 2.24) is 10.6 Å². The Hall–Kier alpha value is -2.47. The van der Waals surface area contributed by atoms with Gasteiger partial charge in [-0.25, -0.2) is 8.78 Å². The topological polar surface area (TPSA) is 44.4 Å². The highest BCUT2D eigenvalue weighted by molar-refractivity contribution is 5.84. The van der Waals surface area contributed by atoms with Crippen molar-refractivity contribution in [2.45, 2.75) is 18.9 Å². The van der Waals surface area contributed by atoms with Crippen LogP contribution in [0.2, 0.25) is 0 Å². The molecule has 2 aromatic rings. The van der Waals surface area contributed by atoms with Gasteiger partial charge >= 0.3 is 0 Å². The van der Waals surface area contributed by atoms with Crippen LogP contribution in [0, 0.1) is 11.6 Å². The molecule has 0 unspecified atom stereocenters. The van der Waals surface area contributed by atoms with Gasteiger partial charge in [-0.3, -0.25) is 4.79 Å². The summed E-state index contributed by atoms with van der Waals surface area (Å²) in [6.45, 7) is 1.87. The number of nitrogens with one attached hydrogen (secondary N) is 2. The second-order valence-electron chi connectivity index (χ2n) is 6.13. The van der Waals surface area contributed by atoms with E-state index in [1.165, 1.54) is 24.3 Å². The molecule has 0 aliphatic carbocycles. The zero-order valence-electron chi connectivity index (χ0n) is 13.8. The molecule has 1 saturated heterocycles. The normalized spacial score (nSPS) is 15.0. The zero-order chi connectivity index (χ0) is 17.6. The molecule has 2 aromatic carbocycles. The lowest BCUT2D eigenvalue weighted by Gasteiger charge is -2.28. The summed E-state index contributed by atoms with van der Waals surface area (Å²) < 4.78 is 26.4. The maximum atomic E-state index is 13.2. The molecule has 1 aliphatic heterocycles. The summed E-state index contributed by atoms with van der Waals surface area (Å²) >= 11 is 0. The van der Waals surface area contributed by atoms with Crippen molar-refractivity contribution in [2.24, 2.45) is 0 Å². The standard InChI is InChI=1S/C19H21F2N3O/c20-14-1-5-17(6-2-14)24(18-7-3-15(21)4-8-18)13-19(25)23-16-9-11-22-12-10-16/h1-8,16,22H,9-13H2,(H,23,25). The summed E-state index contributed by atoms with van der Waals surface area (Å²) in [6, 6.07) is 12.0. The number of benzene rings is 2. The van der Waals surface area contributed by atoms with Gasteiger partial charge in [0, 0.05) is 17.4 Å². The van der Waals surface area contributed by atoms with Crippen molar-refractivity contribution in [1.29, 1.82) is 0 Å². The number of anilines is 2. The van der Waals surface area contributed by atoms with Gasteiger partial charge in [0.1, 0.15) is 18.2 Å². The Balaban J connectivity index is 1.76. The Morgan fingerprint density at radius 3 is 1.92 bits per heavy atom. The van der Waals surface area contributed by atoms with Crippen LogP contribution < -0.4 is 15.5 Å². The van der Waals surface area contributed by atoms with E-state index in [2.05, 4.69) is 10.6 Å². The molecular formula is C19H21F2N3O. The summed E-state index contributed by atoms with van der Waals surface area (Å²) in [5.74, 6) is -0.801. The number of halogens is 2. The van der Waals surface area contributed by atoms with Gasteiger partial charge in [0.2, 0.25) is 5.91 Å². The van der Waals surface area contributed by atoms with E-state index in [1.807, 2.05) is 0 Å². The third-order valence-electron chi connectivity index (χ3n) is 4.28. The summed E-state index contributed by atoms with van der Waals surface area (Å²) in [5, 5.41) is 6.30. The molecule has 1 fully saturated rings. The van der Waals surface area contributed by atoms with E-state index in [1.54, 1.807) is 29.2 Å². The van der Waals surface area contributed by atoms with Crippen LogP contribution in [0.25, 0.3) is 0 Å². The first-order valence-corrected chi connectivity index (χ1v) is 8.40. The van der Waals surface area contributed by atoms with Crippen LogP contribution in [0.4, 0.5) is 20.2 Å². The molecule has 25 heavy (non-hydrogen) atoms. The van der Waals surface area contributed by atoms with Crippen molar-refractivity contribution >= 4 is 17.3 Å². The summed E-state index contributed by atoms with van der Waals surface area (Å²) in [4.78, 5) is 14.2. The third kappa shape index (κ3) is 4.76. The number of carbonyl (C=O) groups is 1. The monoisotopic (exact) mass is 345 g/mol. The number of hydrogen-bond acceptors (Lipinski definition) is 3. The lowest BCUT2D eigenvalue weighted by molar-refractivity contribution is -0.120. The van der Waals surface area contributed by atoms with E-state index in [4.69, 9.17) is 0 Å². The van der Waals surface area contributed by atoms with E-state index in [0.29, 0.717) is 11.4 Å². The first-order chi connectivity index (χ1) is 12.1. The predicted molar refractivity (Wildman–Crippen MR) is 93.8 cm³/mol. The van der Waals surface area contributed by atoms with Crippen LogP contribution in [0.5, 0.6) is 0 Å². The number of nitrogens with zero attached hydrogens (tertiary/aromatic N) is 1. The number of hydrogen-bond donors (Lipinski definition) is 2. The van der Waals surface area contributed by atoms with Crippen LogP contribution >= 0.6 is 0 Å².